The smallest absolute Gasteiger partial charge is 0.408 e. The molecule has 1 fully saturated rings. The first kappa shape index (κ1) is 30.2. The number of aromatic nitrogens is 1. The molecule has 2 atom stereocenters. The Bertz CT molecular complexity index is 1510. The van der Waals surface area contributed by atoms with E-state index in [1.54, 1.807) is 5.32 Å². The lowest BCUT2D eigenvalue weighted by atomic mass is 10.0. The molecule has 11 nitrogen and oxygen atoms in total. The number of halogens is 6. The van der Waals surface area contributed by atoms with Crippen LogP contribution in [0.3, 0.4) is 0 Å². The largest absolute Gasteiger partial charge is 0.488 e. The summed E-state index contributed by atoms with van der Waals surface area (Å²) >= 11 is 0. The van der Waals surface area contributed by atoms with Gasteiger partial charge in [-0.1, -0.05) is 0 Å². The van der Waals surface area contributed by atoms with Crippen LogP contribution in [0.25, 0.3) is 0 Å². The monoisotopic (exact) mass is 611 g/mol. The quantitative estimate of drug-likeness (QED) is 0.358. The zero-order valence-electron chi connectivity index (χ0n) is 21.3. The van der Waals surface area contributed by atoms with Gasteiger partial charge in [-0.15, -0.1) is 0 Å². The number of ether oxygens (including phenoxy) is 1. The molecule has 41 heavy (non-hydrogen) atoms. The van der Waals surface area contributed by atoms with Crippen molar-refractivity contribution in [3.8, 4) is 5.75 Å². The maximum atomic E-state index is 13.6. The van der Waals surface area contributed by atoms with Crippen molar-refractivity contribution >= 4 is 33.4 Å². The lowest BCUT2D eigenvalue weighted by Crippen LogP contribution is -2.55. The summed E-state index contributed by atoms with van der Waals surface area (Å²) in [6.45, 7) is -0.410. The van der Waals surface area contributed by atoms with Crippen molar-refractivity contribution in [1.29, 1.82) is 0 Å². The molecule has 1 saturated heterocycles. The van der Waals surface area contributed by atoms with Crippen LogP contribution < -0.4 is 20.1 Å². The maximum absolute atomic E-state index is 13.6. The topological polar surface area (TPSA) is 139 Å². The average molecular weight is 612 g/mol. The Morgan fingerprint density at radius 1 is 1.20 bits per heavy atom. The number of amides is 3. The van der Waals surface area contributed by atoms with Gasteiger partial charge in [0.05, 0.1) is 11.1 Å². The standard InChI is InChI=1S/C23H23F6N5O6S/c1-11(23(27,28)29)30-20(36)21(37)34-6-5-22(9-34)10-40-17-15(41(38,39)32-22)8-33(2)16(17)19(35)31-12-3-4-14(24)13(7-12)18(25)26/h3-4,7-8,11,18,32H,5-6,9-10H2,1-2H3,(H,30,36)(H,31,35)/t11-,22+/m0/s1. The fourth-order valence-corrected chi connectivity index (χ4v) is 6.06. The molecular weight excluding hydrogens is 588 g/mol. The number of rotatable bonds is 4. The van der Waals surface area contributed by atoms with Crippen molar-refractivity contribution in [2.75, 3.05) is 25.0 Å². The number of benzene rings is 1. The highest BCUT2D eigenvalue weighted by atomic mass is 32.2. The van der Waals surface area contributed by atoms with Gasteiger partial charge in [0.15, 0.2) is 11.4 Å². The molecule has 1 aromatic heterocycles. The third kappa shape index (κ3) is 5.97. The average Bonchev–Trinajstić information content (AvgIpc) is 3.40. The number of alkyl halides is 5. The maximum Gasteiger partial charge on any atom is 0.408 e. The SMILES string of the molecule is C[C@H](NC(=O)C(=O)N1CC[C@]2(COc3c(cn(C)c3C(=O)Nc3ccc(F)c(C(F)F)c3)S(=O)(=O)N2)C1)C(F)(F)F. The van der Waals surface area contributed by atoms with Crippen LogP contribution in [0.5, 0.6) is 5.75 Å². The van der Waals surface area contributed by atoms with Crippen LogP contribution in [0.1, 0.15) is 35.8 Å². The zero-order chi connectivity index (χ0) is 30.5. The molecule has 0 saturated carbocycles. The predicted molar refractivity (Wildman–Crippen MR) is 128 cm³/mol. The van der Waals surface area contributed by atoms with Gasteiger partial charge >= 0.3 is 18.0 Å². The summed E-state index contributed by atoms with van der Waals surface area (Å²) in [5.41, 5.74) is -2.97. The number of nitrogens with one attached hydrogen (secondary N) is 3. The lowest BCUT2D eigenvalue weighted by Gasteiger charge is -2.27. The van der Waals surface area contributed by atoms with Crippen molar-refractivity contribution in [2.45, 2.75) is 42.4 Å². The van der Waals surface area contributed by atoms with Gasteiger partial charge in [-0.3, -0.25) is 14.4 Å². The number of likely N-dealkylation sites (tertiary alicyclic amines) is 1. The van der Waals surface area contributed by atoms with Crippen LogP contribution in [0.2, 0.25) is 0 Å². The van der Waals surface area contributed by atoms with E-state index in [9.17, 15) is 49.1 Å². The number of carbonyl (C=O) groups is 3. The van der Waals surface area contributed by atoms with Gasteiger partial charge in [-0.05, 0) is 31.5 Å². The van der Waals surface area contributed by atoms with E-state index in [4.69, 9.17) is 4.74 Å². The molecule has 18 heteroatoms. The first-order chi connectivity index (χ1) is 18.9. The Morgan fingerprint density at radius 2 is 1.88 bits per heavy atom. The van der Waals surface area contributed by atoms with E-state index >= 15 is 0 Å². The van der Waals surface area contributed by atoms with Gasteiger partial charge in [0.2, 0.25) is 10.0 Å². The van der Waals surface area contributed by atoms with E-state index < -0.39 is 87.1 Å². The first-order valence-electron chi connectivity index (χ1n) is 11.9. The van der Waals surface area contributed by atoms with E-state index in [0.29, 0.717) is 6.92 Å². The fraction of sp³-hybridized carbons (Fsp3) is 0.435. The highest BCUT2D eigenvalue weighted by Crippen LogP contribution is 2.37. The molecule has 224 valence electrons. The highest BCUT2D eigenvalue weighted by Gasteiger charge is 2.49. The van der Waals surface area contributed by atoms with Crippen LogP contribution >= 0.6 is 0 Å². The highest BCUT2D eigenvalue weighted by molar-refractivity contribution is 7.89. The zero-order valence-corrected chi connectivity index (χ0v) is 22.1. The number of hydrogen-bond donors (Lipinski definition) is 3. The second-order valence-electron chi connectivity index (χ2n) is 9.66. The summed E-state index contributed by atoms with van der Waals surface area (Å²) in [7, 11) is -3.10. The molecule has 0 bridgehead atoms. The van der Waals surface area contributed by atoms with Gasteiger partial charge < -0.3 is 24.8 Å². The summed E-state index contributed by atoms with van der Waals surface area (Å²) in [5, 5.41) is 3.85. The predicted octanol–water partition coefficient (Wildman–Crippen LogP) is 2.06. The van der Waals surface area contributed by atoms with Crippen LogP contribution in [-0.2, 0) is 26.7 Å². The molecule has 1 aromatic carbocycles. The second-order valence-corrected chi connectivity index (χ2v) is 11.3. The summed E-state index contributed by atoms with van der Waals surface area (Å²) < 4.78 is 114. The van der Waals surface area contributed by atoms with Gasteiger partial charge in [-0.2, -0.15) is 17.9 Å². The Hall–Kier alpha value is -3.80. The Kier molecular flexibility index (Phi) is 7.76. The number of nitrogens with zero attached hydrogens (tertiary/aromatic N) is 2. The molecule has 0 aliphatic carbocycles. The minimum Gasteiger partial charge on any atom is -0.488 e. The van der Waals surface area contributed by atoms with Crippen LogP contribution in [0, 0.1) is 5.82 Å². The van der Waals surface area contributed by atoms with E-state index in [1.807, 2.05) is 0 Å². The Morgan fingerprint density at radius 3 is 2.51 bits per heavy atom. The van der Waals surface area contributed by atoms with Crippen LogP contribution in [0.4, 0.5) is 32.0 Å². The van der Waals surface area contributed by atoms with Crippen molar-refractivity contribution in [3.05, 3.63) is 41.5 Å². The number of sulfonamides is 1. The number of fused-ring (bicyclic) bond motifs is 1. The third-order valence-corrected chi connectivity index (χ3v) is 8.19. The minimum absolute atomic E-state index is 0.0794. The van der Waals surface area contributed by atoms with Crippen molar-refractivity contribution in [1.82, 2.24) is 19.5 Å². The van der Waals surface area contributed by atoms with Crippen molar-refractivity contribution in [2.24, 2.45) is 7.05 Å². The van der Waals surface area contributed by atoms with Crippen LogP contribution in [0.15, 0.2) is 29.3 Å². The van der Waals surface area contributed by atoms with E-state index in [2.05, 4.69) is 10.0 Å². The molecule has 3 heterocycles. The van der Waals surface area contributed by atoms with Gasteiger partial charge in [0, 0.05) is 32.0 Å². The summed E-state index contributed by atoms with van der Waals surface area (Å²) in [6.07, 6.45) is -6.97. The Balaban J connectivity index is 1.54. The molecule has 2 aliphatic heterocycles. The van der Waals surface area contributed by atoms with Crippen LogP contribution in [-0.4, -0.2) is 73.1 Å². The van der Waals surface area contributed by atoms with Crippen molar-refractivity contribution < 1.29 is 53.9 Å². The second kappa shape index (κ2) is 10.6. The summed E-state index contributed by atoms with van der Waals surface area (Å²) in [4.78, 5) is 38.1. The first-order valence-corrected chi connectivity index (χ1v) is 13.3. The fourth-order valence-electron chi connectivity index (χ4n) is 4.46. The summed E-state index contributed by atoms with van der Waals surface area (Å²) in [5.74, 6) is -5.38. The minimum atomic E-state index is -4.79. The Labute approximate surface area is 228 Å². The molecule has 0 radical (unpaired) electrons. The lowest BCUT2D eigenvalue weighted by molar-refractivity contribution is -0.162. The number of aryl methyl sites for hydroxylation is 1. The summed E-state index contributed by atoms with van der Waals surface area (Å²) in [6, 6.07) is 0.189. The molecule has 3 N–H and O–H groups in total. The molecule has 4 rings (SSSR count). The number of hydrogen-bond acceptors (Lipinski definition) is 6. The van der Waals surface area contributed by atoms with E-state index in [1.165, 1.54) is 7.05 Å². The van der Waals surface area contributed by atoms with Crippen molar-refractivity contribution in [3.63, 3.8) is 0 Å². The third-order valence-electron chi connectivity index (χ3n) is 6.61. The molecule has 3 amide bonds. The molecule has 2 aromatic rings. The molecule has 0 unspecified atom stereocenters. The molecule has 2 aliphatic rings. The van der Waals surface area contributed by atoms with Gasteiger partial charge in [0.25, 0.3) is 12.3 Å². The van der Waals surface area contributed by atoms with Gasteiger partial charge in [0.1, 0.15) is 23.4 Å². The number of anilines is 1. The molecule has 1 spiro atoms. The number of carbonyl (C=O) groups excluding carboxylic acids is 3. The molecular formula is C23H23F6N5O6S. The van der Waals surface area contributed by atoms with E-state index in [0.717, 1.165) is 33.9 Å². The van der Waals surface area contributed by atoms with Gasteiger partial charge in [-0.25, -0.2) is 21.6 Å². The van der Waals surface area contributed by atoms with E-state index in [-0.39, 0.29) is 24.3 Å². The normalized spacial score (nSPS) is 20.8.